The third kappa shape index (κ3) is 35.2. The number of hydrogen-bond donors (Lipinski definition) is 0. The molecule has 0 aliphatic rings. The van der Waals surface area contributed by atoms with Gasteiger partial charge in [-0.05, 0) is 64.2 Å². The summed E-state index contributed by atoms with van der Waals surface area (Å²) in [5.41, 5.74) is 0. The largest absolute Gasteiger partial charge is 0.462 e. The Kier molecular flexibility index (Phi) is 36.0. The van der Waals surface area contributed by atoms with Crippen molar-refractivity contribution in [1.82, 2.24) is 0 Å². The van der Waals surface area contributed by atoms with Gasteiger partial charge in [0.25, 0.3) is 0 Å². The summed E-state index contributed by atoms with van der Waals surface area (Å²) in [6.45, 7) is 6.48. The Bertz CT molecular complexity index is 789. The molecule has 1 atom stereocenters. The van der Waals surface area contributed by atoms with E-state index in [1.54, 1.807) is 0 Å². The van der Waals surface area contributed by atoms with Crippen molar-refractivity contribution in [3.05, 3.63) is 24.3 Å². The fourth-order valence-electron chi connectivity index (χ4n) is 5.55. The molecule has 0 bridgehead atoms. The summed E-state index contributed by atoms with van der Waals surface area (Å²) < 4.78 is 16.6. The SMILES string of the molecule is CCC/C=C\CCCCCCCC(=O)OC(COC(=O)CCCCCCC/C=C\CCCCCC)COC(=O)CCCCCCCCC. The summed E-state index contributed by atoms with van der Waals surface area (Å²) in [5.74, 6) is -0.906. The lowest BCUT2D eigenvalue weighted by Gasteiger charge is -2.18. The average molecular weight is 677 g/mol. The zero-order valence-electron chi connectivity index (χ0n) is 31.8. The second-order valence-corrected chi connectivity index (χ2v) is 13.5. The minimum Gasteiger partial charge on any atom is -0.462 e. The Morgan fingerprint density at radius 2 is 0.729 bits per heavy atom. The van der Waals surface area contributed by atoms with Crippen LogP contribution in [0.5, 0.6) is 0 Å². The monoisotopic (exact) mass is 677 g/mol. The highest BCUT2D eigenvalue weighted by Gasteiger charge is 2.19. The predicted molar refractivity (Wildman–Crippen MR) is 201 cm³/mol. The van der Waals surface area contributed by atoms with E-state index in [4.69, 9.17) is 14.2 Å². The van der Waals surface area contributed by atoms with Gasteiger partial charge in [0.05, 0.1) is 0 Å². The predicted octanol–water partition coefficient (Wildman–Crippen LogP) is 12.5. The molecule has 0 aliphatic heterocycles. The first kappa shape index (κ1) is 45.9. The van der Waals surface area contributed by atoms with Crippen LogP contribution < -0.4 is 0 Å². The molecule has 48 heavy (non-hydrogen) atoms. The van der Waals surface area contributed by atoms with Gasteiger partial charge in [0, 0.05) is 19.3 Å². The smallest absolute Gasteiger partial charge is 0.306 e. The van der Waals surface area contributed by atoms with E-state index in [0.29, 0.717) is 19.3 Å². The molecule has 0 heterocycles. The molecule has 0 aromatic carbocycles. The fraction of sp³-hybridized carbons (Fsp3) is 0.833. The highest BCUT2D eigenvalue weighted by molar-refractivity contribution is 5.71. The number of carbonyl (C=O) groups excluding carboxylic acids is 3. The second-order valence-electron chi connectivity index (χ2n) is 13.5. The molecule has 0 N–H and O–H groups in total. The van der Waals surface area contributed by atoms with Crippen LogP contribution in [0.1, 0.15) is 207 Å². The van der Waals surface area contributed by atoms with Crippen molar-refractivity contribution >= 4 is 17.9 Å². The van der Waals surface area contributed by atoms with E-state index in [1.807, 2.05) is 0 Å². The van der Waals surface area contributed by atoms with Crippen molar-refractivity contribution in [3.63, 3.8) is 0 Å². The molecule has 0 spiro atoms. The standard InChI is InChI=1S/C42H76O6/c1-4-7-10-13-16-18-20-21-22-24-26-29-32-35-41(44)47-38-39(37-46-40(43)34-31-28-25-15-12-9-6-3)48-42(45)36-33-30-27-23-19-17-14-11-8-5-2/h11,14,18,20,39H,4-10,12-13,15-17,19,21-38H2,1-3H3/b14-11-,20-18-. The van der Waals surface area contributed by atoms with Crippen LogP contribution >= 0.6 is 0 Å². The maximum atomic E-state index is 12.6. The quantitative estimate of drug-likeness (QED) is 0.0284. The van der Waals surface area contributed by atoms with Crippen molar-refractivity contribution in [2.45, 2.75) is 213 Å². The first-order valence-electron chi connectivity index (χ1n) is 20.3. The zero-order valence-corrected chi connectivity index (χ0v) is 31.8. The zero-order chi connectivity index (χ0) is 35.2. The molecule has 1 unspecified atom stereocenters. The summed E-state index contributed by atoms with van der Waals surface area (Å²) in [7, 11) is 0. The fourth-order valence-corrected chi connectivity index (χ4v) is 5.55. The number of esters is 3. The maximum Gasteiger partial charge on any atom is 0.306 e. The topological polar surface area (TPSA) is 78.9 Å². The number of hydrogen-bond acceptors (Lipinski definition) is 6. The third-order valence-electron chi connectivity index (χ3n) is 8.66. The second kappa shape index (κ2) is 37.7. The van der Waals surface area contributed by atoms with Gasteiger partial charge in [0.2, 0.25) is 0 Å². The summed E-state index contributed by atoms with van der Waals surface area (Å²) in [6, 6.07) is 0. The van der Waals surface area contributed by atoms with E-state index in [2.05, 4.69) is 45.1 Å². The molecule has 0 aromatic rings. The van der Waals surface area contributed by atoms with Crippen LogP contribution in [-0.4, -0.2) is 37.2 Å². The molecule has 0 saturated carbocycles. The Morgan fingerprint density at radius 1 is 0.396 bits per heavy atom. The van der Waals surface area contributed by atoms with E-state index in [-0.39, 0.29) is 31.1 Å². The van der Waals surface area contributed by atoms with Gasteiger partial charge < -0.3 is 14.2 Å². The van der Waals surface area contributed by atoms with Crippen LogP contribution in [0.2, 0.25) is 0 Å². The average Bonchev–Trinajstić information content (AvgIpc) is 3.08. The molecular weight excluding hydrogens is 600 g/mol. The van der Waals surface area contributed by atoms with Gasteiger partial charge in [-0.2, -0.15) is 0 Å². The highest BCUT2D eigenvalue weighted by atomic mass is 16.6. The van der Waals surface area contributed by atoms with Gasteiger partial charge in [-0.25, -0.2) is 0 Å². The summed E-state index contributed by atoms with van der Waals surface area (Å²) >= 11 is 0. The summed E-state index contributed by atoms with van der Waals surface area (Å²) in [6.07, 6.45) is 38.8. The molecule has 280 valence electrons. The molecule has 0 amide bonds. The van der Waals surface area contributed by atoms with Crippen molar-refractivity contribution in [3.8, 4) is 0 Å². The first-order chi connectivity index (χ1) is 23.5. The molecule has 6 heteroatoms. The minimum atomic E-state index is -0.769. The summed E-state index contributed by atoms with van der Waals surface area (Å²) in [4.78, 5) is 37.4. The molecule has 0 aliphatic carbocycles. The Hall–Kier alpha value is -2.11. The van der Waals surface area contributed by atoms with Gasteiger partial charge in [-0.3, -0.25) is 14.4 Å². The molecule has 0 rings (SSSR count). The van der Waals surface area contributed by atoms with E-state index >= 15 is 0 Å². The third-order valence-corrected chi connectivity index (χ3v) is 8.66. The van der Waals surface area contributed by atoms with Crippen molar-refractivity contribution in [1.29, 1.82) is 0 Å². The molecular formula is C42H76O6. The molecule has 6 nitrogen and oxygen atoms in total. The Labute approximate surface area is 296 Å². The summed E-state index contributed by atoms with van der Waals surface area (Å²) in [5, 5.41) is 0. The van der Waals surface area contributed by atoms with Crippen LogP contribution in [0.25, 0.3) is 0 Å². The molecule has 0 fully saturated rings. The first-order valence-corrected chi connectivity index (χ1v) is 20.3. The number of rotatable bonds is 36. The lowest BCUT2D eigenvalue weighted by Crippen LogP contribution is -2.30. The molecule has 0 saturated heterocycles. The lowest BCUT2D eigenvalue weighted by molar-refractivity contribution is -0.167. The van der Waals surface area contributed by atoms with Gasteiger partial charge in [0.1, 0.15) is 13.2 Å². The Balaban J connectivity index is 4.34. The number of allylic oxidation sites excluding steroid dienone is 4. The molecule has 0 aromatic heterocycles. The van der Waals surface area contributed by atoms with E-state index in [1.165, 1.54) is 83.5 Å². The van der Waals surface area contributed by atoms with E-state index in [9.17, 15) is 14.4 Å². The number of ether oxygens (including phenoxy) is 3. The van der Waals surface area contributed by atoms with Crippen LogP contribution in [0.3, 0.4) is 0 Å². The van der Waals surface area contributed by atoms with Crippen molar-refractivity contribution in [2.75, 3.05) is 13.2 Å². The van der Waals surface area contributed by atoms with Gasteiger partial charge in [-0.15, -0.1) is 0 Å². The van der Waals surface area contributed by atoms with Crippen LogP contribution in [0.15, 0.2) is 24.3 Å². The van der Waals surface area contributed by atoms with Crippen LogP contribution in [-0.2, 0) is 28.6 Å². The van der Waals surface area contributed by atoms with Gasteiger partial charge in [0.15, 0.2) is 6.10 Å². The van der Waals surface area contributed by atoms with E-state index < -0.39 is 6.10 Å². The van der Waals surface area contributed by atoms with Crippen LogP contribution in [0.4, 0.5) is 0 Å². The number of carbonyl (C=O) groups is 3. The maximum absolute atomic E-state index is 12.6. The van der Waals surface area contributed by atoms with Gasteiger partial charge >= 0.3 is 17.9 Å². The number of unbranched alkanes of at least 4 members (excludes halogenated alkanes) is 21. The van der Waals surface area contributed by atoms with E-state index in [0.717, 1.165) is 83.5 Å². The minimum absolute atomic E-state index is 0.0763. The lowest BCUT2D eigenvalue weighted by atomic mass is 10.1. The van der Waals surface area contributed by atoms with Crippen molar-refractivity contribution in [2.24, 2.45) is 0 Å². The molecule has 0 radical (unpaired) electrons. The Morgan fingerprint density at radius 3 is 1.15 bits per heavy atom. The highest BCUT2D eigenvalue weighted by Crippen LogP contribution is 2.13. The van der Waals surface area contributed by atoms with Gasteiger partial charge in [-0.1, -0.05) is 148 Å². The van der Waals surface area contributed by atoms with Crippen LogP contribution in [0, 0.1) is 0 Å². The van der Waals surface area contributed by atoms with Crippen molar-refractivity contribution < 1.29 is 28.6 Å². The normalized spacial score (nSPS) is 12.1.